The van der Waals surface area contributed by atoms with E-state index in [4.69, 9.17) is 9.57 Å². The highest BCUT2D eigenvalue weighted by Crippen LogP contribution is 2.24. The highest BCUT2D eigenvalue weighted by molar-refractivity contribution is 6.21. The summed E-state index contributed by atoms with van der Waals surface area (Å²) in [6, 6.07) is 7.68. The van der Waals surface area contributed by atoms with E-state index in [-0.39, 0.29) is 16.7 Å². The van der Waals surface area contributed by atoms with Gasteiger partial charge >= 0.3 is 12.1 Å². The SMILES string of the molecule is Cc1cc(C(=O)ON2C(=O)c3ccccc3C2=O)c(C)n1NC(=O)OC(C)(C)C. The molecule has 0 radical (unpaired) electrons. The molecule has 9 heteroatoms. The smallest absolute Gasteiger partial charge is 0.426 e. The summed E-state index contributed by atoms with van der Waals surface area (Å²) in [6.07, 6.45) is -0.695. The van der Waals surface area contributed by atoms with Gasteiger partial charge in [-0.1, -0.05) is 17.2 Å². The number of nitrogens with one attached hydrogen (secondary N) is 1. The van der Waals surface area contributed by atoms with Crippen LogP contribution < -0.4 is 5.43 Å². The minimum atomic E-state index is -0.898. The lowest BCUT2D eigenvalue weighted by molar-refractivity contribution is -0.0585. The number of rotatable bonds is 3. The van der Waals surface area contributed by atoms with Gasteiger partial charge in [-0.05, 0) is 52.8 Å². The first-order chi connectivity index (χ1) is 13.5. The van der Waals surface area contributed by atoms with Crippen molar-refractivity contribution in [2.45, 2.75) is 40.2 Å². The summed E-state index contributed by atoms with van der Waals surface area (Å²) in [7, 11) is 0. The molecule has 1 N–H and O–H groups in total. The molecule has 1 aromatic carbocycles. The van der Waals surface area contributed by atoms with Gasteiger partial charge in [0.1, 0.15) is 5.60 Å². The van der Waals surface area contributed by atoms with Gasteiger partial charge in [-0.15, -0.1) is 0 Å². The van der Waals surface area contributed by atoms with Crippen LogP contribution in [-0.4, -0.2) is 39.2 Å². The average Bonchev–Trinajstić information content (AvgIpc) is 3.03. The van der Waals surface area contributed by atoms with E-state index in [9.17, 15) is 19.2 Å². The van der Waals surface area contributed by atoms with Gasteiger partial charge in [-0.2, -0.15) is 0 Å². The van der Waals surface area contributed by atoms with Gasteiger partial charge in [0.2, 0.25) is 0 Å². The number of aryl methyl sites for hydroxylation is 1. The van der Waals surface area contributed by atoms with Crippen molar-refractivity contribution in [1.82, 2.24) is 9.74 Å². The fourth-order valence-corrected chi connectivity index (χ4v) is 2.92. The molecular weight excluding hydrogens is 378 g/mol. The van der Waals surface area contributed by atoms with E-state index in [1.165, 1.54) is 22.9 Å². The second-order valence-corrected chi connectivity index (χ2v) is 7.56. The molecular formula is C20H21N3O6. The standard InChI is InChI=1S/C20H21N3O6/c1-11-10-15(12(2)22(11)21-19(27)28-20(3,4)5)18(26)29-23-16(24)13-8-6-7-9-14(13)17(23)25/h6-10H,1-5H3,(H,21,27). The highest BCUT2D eigenvalue weighted by atomic mass is 16.7. The topological polar surface area (TPSA) is 107 Å². The molecule has 2 aromatic rings. The number of imide groups is 1. The number of nitrogens with zero attached hydrogens (tertiary/aromatic N) is 2. The zero-order valence-electron chi connectivity index (χ0n) is 16.7. The largest absolute Gasteiger partial charge is 0.443 e. The highest BCUT2D eigenvalue weighted by Gasteiger charge is 2.39. The fraction of sp³-hybridized carbons (Fsp3) is 0.300. The maximum atomic E-state index is 12.6. The third-order valence-electron chi connectivity index (χ3n) is 4.18. The second-order valence-electron chi connectivity index (χ2n) is 7.56. The summed E-state index contributed by atoms with van der Waals surface area (Å²) in [5.74, 6) is -2.32. The molecule has 0 atom stereocenters. The first kappa shape index (κ1) is 20.1. The normalized spacial score (nSPS) is 13.3. The Morgan fingerprint density at radius 3 is 2.07 bits per heavy atom. The van der Waals surface area contributed by atoms with Crippen LogP contribution in [0.4, 0.5) is 4.79 Å². The molecule has 1 aromatic heterocycles. The molecule has 2 heterocycles. The molecule has 0 bridgehead atoms. The van der Waals surface area contributed by atoms with Crippen LogP contribution >= 0.6 is 0 Å². The van der Waals surface area contributed by atoms with Crippen LogP contribution in [0.1, 0.15) is 63.2 Å². The van der Waals surface area contributed by atoms with Crippen molar-refractivity contribution in [3.05, 3.63) is 58.4 Å². The molecule has 0 unspecified atom stereocenters. The van der Waals surface area contributed by atoms with E-state index < -0.39 is 29.5 Å². The summed E-state index contributed by atoms with van der Waals surface area (Å²) >= 11 is 0. The fourth-order valence-electron chi connectivity index (χ4n) is 2.92. The number of hydrogen-bond acceptors (Lipinski definition) is 6. The zero-order valence-corrected chi connectivity index (χ0v) is 16.7. The van der Waals surface area contributed by atoms with Gasteiger partial charge in [-0.25, -0.2) is 15.0 Å². The van der Waals surface area contributed by atoms with Gasteiger partial charge in [0.15, 0.2) is 0 Å². The molecule has 29 heavy (non-hydrogen) atoms. The van der Waals surface area contributed by atoms with Crippen LogP contribution in [0.15, 0.2) is 30.3 Å². The van der Waals surface area contributed by atoms with Crippen LogP contribution in [0.5, 0.6) is 0 Å². The van der Waals surface area contributed by atoms with Crippen LogP contribution in [0.25, 0.3) is 0 Å². The lowest BCUT2D eigenvalue weighted by Gasteiger charge is -2.21. The summed E-state index contributed by atoms with van der Waals surface area (Å²) in [4.78, 5) is 54.4. The number of amides is 3. The number of ether oxygens (including phenoxy) is 1. The minimum Gasteiger partial charge on any atom is -0.443 e. The predicted molar refractivity (Wildman–Crippen MR) is 102 cm³/mol. The third-order valence-corrected chi connectivity index (χ3v) is 4.18. The lowest BCUT2D eigenvalue weighted by atomic mass is 10.1. The van der Waals surface area contributed by atoms with E-state index in [0.29, 0.717) is 16.5 Å². The molecule has 0 saturated carbocycles. The Kier molecular flexibility index (Phi) is 4.91. The summed E-state index contributed by atoms with van der Waals surface area (Å²) in [6.45, 7) is 8.44. The monoisotopic (exact) mass is 399 g/mol. The molecule has 0 saturated heterocycles. The molecule has 3 amide bonds. The van der Waals surface area contributed by atoms with Gasteiger partial charge in [-0.3, -0.25) is 14.3 Å². The van der Waals surface area contributed by atoms with E-state index in [1.54, 1.807) is 46.8 Å². The van der Waals surface area contributed by atoms with Gasteiger partial charge in [0.05, 0.1) is 22.4 Å². The van der Waals surface area contributed by atoms with E-state index in [0.717, 1.165) is 0 Å². The maximum Gasteiger partial charge on any atom is 0.426 e. The molecule has 0 fully saturated rings. The quantitative estimate of drug-likeness (QED) is 0.795. The first-order valence-corrected chi connectivity index (χ1v) is 8.88. The van der Waals surface area contributed by atoms with Crippen molar-refractivity contribution in [3.63, 3.8) is 0 Å². The van der Waals surface area contributed by atoms with Gasteiger partial charge in [0.25, 0.3) is 11.8 Å². The number of carbonyl (C=O) groups excluding carboxylic acids is 4. The number of benzene rings is 1. The number of carbonyl (C=O) groups is 4. The molecule has 152 valence electrons. The summed E-state index contributed by atoms with van der Waals surface area (Å²) in [5, 5.41) is 0.445. The first-order valence-electron chi connectivity index (χ1n) is 8.88. The van der Waals surface area contributed by atoms with Crippen molar-refractivity contribution >= 4 is 23.9 Å². The molecule has 0 spiro atoms. The molecule has 1 aliphatic heterocycles. The number of fused-ring (bicyclic) bond motifs is 1. The third kappa shape index (κ3) is 3.84. The number of hydroxylamine groups is 2. The number of hydrogen-bond donors (Lipinski definition) is 1. The summed E-state index contributed by atoms with van der Waals surface area (Å²) in [5.41, 5.74) is 3.16. The Morgan fingerprint density at radius 2 is 1.55 bits per heavy atom. The summed E-state index contributed by atoms with van der Waals surface area (Å²) < 4.78 is 6.58. The molecule has 1 aliphatic rings. The van der Waals surface area contributed by atoms with Crippen molar-refractivity contribution in [3.8, 4) is 0 Å². The van der Waals surface area contributed by atoms with E-state index in [1.807, 2.05) is 0 Å². The van der Waals surface area contributed by atoms with Crippen molar-refractivity contribution in [2.75, 3.05) is 5.43 Å². The van der Waals surface area contributed by atoms with Crippen LogP contribution in [0.3, 0.4) is 0 Å². The Balaban J connectivity index is 1.78. The maximum absolute atomic E-state index is 12.6. The Bertz CT molecular complexity index is 996. The second kappa shape index (κ2) is 7.08. The Morgan fingerprint density at radius 1 is 1.00 bits per heavy atom. The molecule has 0 aliphatic carbocycles. The average molecular weight is 399 g/mol. The number of aromatic nitrogens is 1. The van der Waals surface area contributed by atoms with E-state index >= 15 is 0 Å². The van der Waals surface area contributed by atoms with Crippen molar-refractivity contribution in [1.29, 1.82) is 0 Å². The van der Waals surface area contributed by atoms with Gasteiger partial charge in [0, 0.05) is 5.69 Å². The Labute approximate surface area is 167 Å². The molecule has 9 nitrogen and oxygen atoms in total. The van der Waals surface area contributed by atoms with E-state index in [2.05, 4.69) is 5.43 Å². The zero-order chi connectivity index (χ0) is 21.5. The van der Waals surface area contributed by atoms with Crippen LogP contribution in [-0.2, 0) is 9.57 Å². The van der Waals surface area contributed by atoms with Gasteiger partial charge < -0.3 is 9.57 Å². The van der Waals surface area contributed by atoms with Crippen molar-refractivity contribution < 1.29 is 28.8 Å². The van der Waals surface area contributed by atoms with Crippen LogP contribution in [0, 0.1) is 13.8 Å². The lowest BCUT2D eigenvalue weighted by Crippen LogP contribution is -2.33. The van der Waals surface area contributed by atoms with Crippen molar-refractivity contribution in [2.24, 2.45) is 0 Å². The van der Waals surface area contributed by atoms with Crippen LogP contribution in [0.2, 0.25) is 0 Å². The minimum absolute atomic E-state index is 0.0927. The predicted octanol–water partition coefficient (Wildman–Crippen LogP) is 2.95. The molecule has 3 rings (SSSR count). The Hall–Kier alpha value is -3.62.